The summed E-state index contributed by atoms with van der Waals surface area (Å²) >= 11 is 0. The molecular formula is C16H23NO4. The molecule has 0 aliphatic carbocycles. The number of nitrogens with one attached hydrogen (secondary N) is 1. The van der Waals surface area contributed by atoms with Crippen LogP contribution in [0.2, 0.25) is 0 Å². The maximum atomic E-state index is 12.3. The summed E-state index contributed by atoms with van der Waals surface area (Å²) in [6, 6.07) is 0. The molecule has 1 atom stereocenters. The van der Waals surface area contributed by atoms with E-state index < -0.39 is 12.1 Å². The van der Waals surface area contributed by atoms with E-state index in [-0.39, 0.29) is 18.9 Å². The number of carboxylic acids is 1. The Kier molecular flexibility index (Phi) is 5.49. The molecule has 0 heterocycles. The summed E-state index contributed by atoms with van der Waals surface area (Å²) in [7, 11) is 0. The van der Waals surface area contributed by atoms with Crippen LogP contribution in [-0.2, 0) is 4.79 Å². The summed E-state index contributed by atoms with van der Waals surface area (Å²) in [5.41, 5.74) is 5.88. The molecule has 3 N–H and O–H groups in total. The van der Waals surface area contributed by atoms with E-state index in [9.17, 15) is 14.7 Å². The van der Waals surface area contributed by atoms with Crippen molar-refractivity contribution in [3.63, 3.8) is 0 Å². The van der Waals surface area contributed by atoms with Gasteiger partial charge in [0.15, 0.2) is 6.10 Å². The average Bonchev–Trinajstić information content (AvgIpc) is 2.43. The van der Waals surface area contributed by atoms with Gasteiger partial charge in [0.2, 0.25) is 0 Å². The third-order valence-electron chi connectivity index (χ3n) is 4.22. The van der Waals surface area contributed by atoms with Gasteiger partial charge in [0, 0.05) is 18.5 Å². The topological polar surface area (TPSA) is 86.6 Å². The number of hydrogen-bond acceptors (Lipinski definition) is 3. The monoisotopic (exact) mass is 293 g/mol. The molecule has 0 aromatic heterocycles. The van der Waals surface area contributed by atoms with Crippen molar-refractivity contribution < 1.29 is 19.8 Å². The van der Waals surface area contributed by atoms with E-state index in [4.69, 9.17) is 5.11 Å². The van der Waals surface area contributed by atoms with Gasteiger partial charge in [-0.25, -0.2) is 4.79 Å². The van der Waals surface area contributed by atoms with Gasteiger partial charge in [0.1, 0.15) is 0 Å². The van der Waals surface area contributed by atoms with Gasteiger partial charge in [-0.15, -0.1) is 0 Å². The van der Waals surface area contributed by atoms with Crippen molar-refractivity contribution in [1.82, 2.24) is 5.32 Å². The first-order valence-corrected chi connectivity index (χ1v) is 6.94. The highest BCUT2D eigenvalue weighted by atomic mass is 16.4. The molecule has 0 fully saturated rings. The molecule has 21 heavy (non-hydrogen) atoms. The largest absolute Gasteiger partial charge is 0.479 e. The highest BCUT2D eigenvalue weighted by Crippen LogP contribution is 2.25. The van der Waals surface area contributed by atoms with Crippen LogP contribution in [0, 0.1) is 34.6 Å². The summed E-state index contributed by atoms with van der Waals surface area (Å²) < 4.78 is 0. The van der Waals surface area contributed by atoms with E-state index >= 15 is 0 Å². The lowest BCUT2D eigenvalue weighted by atomic mass is 9.89. The zero-order valence-electron chi connectivity index (χ0n) is 13.2. The quantitative estimate of drug-likeness (QED) is 0.772. The fraction of sp³-hybridized carbons (Fsp3) is 0.500. The molecule has 0 radical (unpaired) electrons. The van der Waals surface area contributed by atoms with Crippen LogP contribution in [-0.4, -0.2) is 34.7 Å². The Hall–Kier alpha value is -1.88. The zero-order valence-corrected chi connectivity index (χ0v) is 13.2. The van der Waals surface area contributed by atoms with Crippen molar-refractivity contribution in [1.29, 1.82) is 0 Å². The number of aliphatic hydroxyl groups is 1. The Labute approximate surface area is 125 Å². The smallest absolute Gasteiger partial charge is 0.332 e. The highest BCUT2D eigenvalue weighted by molar-refractivity contribution is 5.98. The fourth-order valence-corrected chi connectivity index (χ4v) is 2.37. The normalized spacial score (nSPS) is 12.1. The SMILES string of the molecule is Cc1c(C)c(C)c(C(=O)NCC[C@H](O)C(=O)O)c(C)c1C. The second kappa shape index (κ2) is 6.72. The van der Waals surface area contributed by atoms with Gasteiger partial charge in [-0.2, -0.15) is 0 Å². The molecule has 0 aliphatic heterocycles. The van der Waals surface area contributed by atoms with Crippen LogP contribution in [0.25, 0.3) is 0 Å². The summed E-state index contributed by atoms with van der Waals surface area (Å²) in [6.45, 7) is 9.96. The summed E-state index contributed by atoms with van der Waals surface area (Å²) in [6.07, 6.45) is -1.46. The molecule has 1 amide bonds. The first-order valence-electron chi connectivity index (χ1n) is 6.94. The van der Waals surface area contributed by atoms with Crippen molar-refractivity contribution in [2.75, 3.05) is 6.54 Å². The van der Waals surface area contributed by atoms with Crippen molar-refractivity contribution in [2.45, 2.75) is 47.1 Å². The standard InChI is InChI=1S/C16H23NO4/c1-8-9(2)11(4)14(12(5)10(8)3)15(19)17-7-6-13(18)16(20)21/h13,18H,6-7H2,1-5H3,(H,17,19)(H,20,21)/t13-/m0/s1. The molecule has 0 bridgehead atoms. The van der Waals surface area contributed by atoms with Crippen LogP contribution in [0.5, 0.6) is 0 Å². The third kappa shape index (κ3) is 3.61. The first kappa shape index (κ1) is 17.2. The van der Waals surface area contributed by atoms with Crippen molar-refractivity contribution >= 4 is 11.9 Å². The van der Waals surface area contributed by atoms with Gasteiger partial charge in [0.05, 0.1) is 0 Å². The molecule has 0 saturated heterocycles. The van der Waals surface area contributed by atoms with E-state index in [1.807, 2.05) is 34.6 Å². The Balaban J connectivity index is 2.92. The Morgan fingerprint density at radius 2 is 1.38 bits per heavy atom. The lowest BCUT2D eigenvalue weighted by Crippen LogP contribution is -2.31. The molecule has 116 valence electrons. The Bertz CT molecular complexity index is 549. The van der Waals surface area contributed by atoms with Gasteiger partial charge >= 0.3 is 5.97 Å². The van der Waals surface area contributed by atoms with Crippen LogP contribution < -0.4 is 5.32 Å². The fourth-order valence-electron chi connectivity index (χ4n) is 2.37. The van der Waals surface area contributed by atoms with E-state index in [1.54, 1.807) is 0 Å². The molecule has 0 unspecified atom stereocenters. The maximum absolute atomic E-state index is 12.3. The molecule has 5 nitrogen and oxygen atoms in total. The number of carboxylic acid groups (broad SMARTS) is 1. The average molecular weight is 293 g/mol. The highest BCUT2D eigenvalue weighted by Gasteiger charge is 2.19. The third-order valence-corrected chi connectivity index (χ3v) is 4.22. The number of carbonyl (C=O) groups excluding carboxylic acids is 1. The minimum atomic E-state index is -1.45. The van der Waals surface area contributed by atoms with Gasteiger partial charge in [-0.05, 0) is 62.4 Å². The van der Waals surface area contributed by atoms with E-state index in [2.05, 4.69) is 5.32 Å². The van der Waals surface area contributed by atoms with Crippen LogP contribution in [0.1, 0.15) is 44.6 Å². The van der Waals surface area contributed by atoms with Gasteiger partial charge in [-0.3, -0.25) is 4.79 Å². The summed E-state index contributed by atoms with van der Waals surface area (Å²) in [5.74, 6) is -1.51. The van der Waals surface area contributed by atoms with Crippen LogP contribution in [0.4, 0.5) is 0 Å². The first-order chi connectivity index (χ1) is 9.68. The summed E-state index contributed by atoms with van der Waals surface area (Å²) in [4.78, 5) is 22.8. The zero-order chi connectivity index (χ0) is 16.3. The second-order valence-electron chi connectivity index (χ2n) is 5.40. The molecule has 0 spiro atoms. The minimum absolute atomic E-state index is 0.0109. The van der Waals surface area contributed by atoms with Crippen molar-refractivity contribution in [2.24, 2.45) is 0 Å². The Morgan fingerprint density at radius 3 is 1.81 bits per heavy atom. The van der Waals surface area contributed by atoms with E-state index in [0.717, 1.165) is 22.3 Å². The second-order valence-corrected chi connectivity index (χ2v) is 5.40. The molecule has 0 aliphatic rings. The summed E-state index contributed by atoms with van der Waals surface area (Å²) in [5, 5.41) is 20.5. The molecule has 1 rings (SSSR count). The molecule has 1 aromatic rings. The molecule has 0 saturated carbocycles. The number of benzene rings is 1. The van der Waals surface area contributed by atoms with Crippen LogP contribution >= 0.6 is 0 Å². The minimum Gasteiger partial charge on any atom is -0.479 e. The molecule has 5 heteroatoms. The number of aliphatic carboxylic acids is 1. The maximum Gasteiger partial charge on any atom is 0.332 e. The lowest BCUT2D eigenvalue weighted by molar-refractivity contribution is -0.146. The Morgan fingerprint density at radius 1 is 0.952 bits per heavy atom. The molecular weight excluding hydrogens is 270 g/mol. The van der Waals surface area contributed by atoms with Crippen LogP contribution in [0.15, 0.2) is 0 Å². The number of rotatable bonds is 5. The van der Waals surface area contributed by atoms with Crippen molar-refractivity contribution in [3.05, 3.63) is 33.4 Å². The predicted molar refractivity (Wildman–Crippen MR) is 80.7 cm³/mol. The van der Waals surface area contributed by atoms with Crippen LogP contribution in [0.3, 0.4) is 0 Å². The lowest BCUT2D eigenvalue weighted by Gasteiger charge is -2.18. The number of aliphatic hydroxyl groups excluding tert-OH is 1. The number of amides is 1. The molecule has 1 aromatic carbocycles. The van der Waals surface area contributed by atoms with Gasteiger partial charge in [0.25, 0.3) is 5.91 Å². The predicted octanol–water partition coefficient (Wildman–Crippen LogP) is 1.79. The van der Waals surface area contributed by atoms with Crippen molar-refractivity contribution in [3.8, 4) is 0 Å². The van der Waals surface area contributed by atoms with Gasteiger partial charge < -0.3 is 15.5 Å². The van der Waals surface area contributed by atoms with Gasteiger partial charge in [-0.1, -0.05) is 0 Å². The van der Waals surface area contributed by atoms with E-state index in [1.165, 1.54) is 5.56 Å². The number of carbonyl (C=O) groups is 2. The van der Waals surface area contributed by atoms with E-state index in [0.29, 0.717) is 5.56 Å². The number of hydrogen-bond donors (Lipinski definition) is 3.